The molecule has 1 fully saturated rings. The first-order valence-electron chi connectivity index (χ1n) is 11.3. The molecule has 1 amide bonds. The molecule has 0 aliphatic carbocycles. The first kappa shape index (κ1) is 23.9. The van der Waals surface area contributed by atoms with E-state index in [1.807, 2.05) is 41.3 Å². The standard InChI is InChI=1S/C27H29ClN2O4/c1-33-24-8-4-7-23(17-24)30(27(32)20-5-3-6-21(28)16-20)22-11-13-29(14-12-22)18-19-9-10-25(31)26(15-19)34-2/h3-10,15-17,22,31H,11-14,18H2,1-2H3. The predicted molar refractivity (Wildman–Crippen MR) is 134 cm³/mol. The molecule has 0 radical (unpaired) electrons. The Morgan fingerprint density at radius 1 is 1.03 bits per heavy atom. The summed E-state index contributed by atoms with van der Waals surface area (Å²) in [5.74, 6) is 1.25. The van der Waals surface area contributed by atoms with E-state index in [0.717, 1.165) is 43.7 Å². The molecule has 7 heteroatoms. The van der Waals surface area contributed by atoms with Crippen LogP contribution in [-0.2, 0) is 6.54 Å². The van der Waals surface area contributed by atoms with Crippen molar-refractivity contribution in [3.05, 3.63) is 82.9 Å². The maximum absolute atomic E-state index is 13.6. The summed E-state index contributed by atoms with van der Waals surface area (Å²) in [5.41, 5.74) is 2.45. The monoisotopic (exact) mass is 480 g/mol. The molecule has 0 unspecified atom stereocenters. The van der Waals surface area contributed by atoms with Crippen molar-refractivity contribution in [3.8, 4) is 17.2 Å². The third-order valence-electron chi connectivity index (χ3n) is 6.19. The molecule has 3 aromatic carbocycles. The minimum atomic E-state index is -0.0718. The Hall–Kier alpha value is -3.22. The lowest BCUT2D eigenvalue weighted by Gasteiger charge is -2.39. The summed E-state index contributed by atoms with van der Waals surface area (Å²) in [5, 5.41) is 10.4. The number of methoxy groups -OCH3 is 2. The Bertz CT molecular complexity index is 1140. The van der Waals surface area contributed by atoms with Crippen molar-refractivity contribution >= 4 is 23.2 Å². The van der Waals surface area contributed by atoms with Crippen LogP contribution in [0.15, 0.2) is 66.7 Å². The molecule has 0 saturated carbocycles. The highest BCUT2D eigenvalue weighted by molar-refractivity contribution is 6.31. The third-order valence-corrected chi connectivity index (χ3v) is 6.43. The number of phenolic OH excluding ortho intramolecular Hbond substituents is 1. The van der Waals surface area contributed by atoms with Crippen LogP contribution in [0.1, 0.15) is 28.8 Å². The molecule has 1 heterocycles. The number of benzene rings is 3. The zero-order valence-electron chi connectivity index (χ0n) is 19.4. The summed E-state index contributed by atoms with van der Waals surface area (Å²) >= 11 is 6.18. The van der Waals surface area contributed by atoms with Gasteiger partial charge in [0.25, 0.3) is 5.91 Å². The molecule has 0 spiro atoms. The number of anilines is 1. The molecule has 6 nitrogen and oxygen atoms in total. The van der Waals surface area contributed by atoms with Gasteiger partial charge in [0.15, 0.2) is 11.5 Å². The number of hydrogen-bond donors (Lipinski definition) is 1. The van der Waals surface area contributed by atoms with Crippen LogP contribution < -0.4 is 14.4 Å². The lowest BCUT2D eigenvalue weighted by Crippen LogP contribution is -2.47. The van der Waals surface area contributed by atoms with E-state index in [9.17, 15) is 9.90 Å². The lowest BCUT2D eigenvalue weighted by molar-refractivity contribution is 0.0958. The summed E-state index contributed by atoms with van der Waals surface area (Å²) in [6, 6.07) is 20.2. The van der Waals surface area contributed by atoms with Crippen molar-refractivity contribution in [3.63, 3.8) is 0 Å². The predicted octanol–water partition coefficient (Wildman–Crippen LogP) is 5.37. The molecular weight excluding hydrogens is 452 g/mol. The van der Waals surface area contributed by atoms with Gasteiger partial charge in [0.2, 0.25) is 0 Å². The van der Waals surface area contributed by atoms with E-state index in [1.165, 1.54) is 0 Å². The van der Waals surface area contributed by atoms with Gasteiger partial charge in [-0.25, -0.2) is 0 Å². The summed E-state index contributed by atoms with van der Waals surface area (Å²) in [6.45, 7) is 2.44. The fourth-order valence-electron chi connectivity index (χ4n) is 4.43. The SMILES string of the molecule is COc1cccc(N(C(=O)c2cccc(Cl)c2)C2CCN(Cc3ccc(O)c(OC)c3)CC2)c1. The van der Waals surface area contributed by atoms with Crippen molar-refractivity contribution in [1.82, 2.24) is 4.90 Å². The normalized spacial score (nSPS) is 14.6. The third kappa shape index (κ3) is 5.46. The Balaban J connectivity index is 1.53. The molecular formula is C27H29ClN2O4. The number of phenols is 1. The molecule has 3 aromatic rings. The van der Waals surface area contributed by atoms with Gasteiger partial charge in [-0.05, 0) is 60.9 Å². The second-order valence-electron chi connectivity index (χ2n) is 8.40. The van der Waals surface area contributed by atoms with E-state index < -0.39 is 0 Å². The molecule has 1 aliphatic rings. The minimum absolute atomic E-state index is 0.0455. The summed E-state index contributed by atoms with van der Waals surface area (Å²) < 4.78 is 10.6. The Morgan fingerprint density at radius 3 is 2.50 bits per heavy atom. The first-order chi connectivity index (χ1) is 16.5. The van der Waals surface area contributed by atoms with Crippen LogP contribution in [0, 0.1) is 0 Å². The molecule has 0 aromatic heterocycles. The number of carbonyl (C=O) groups is 1. The first-order valence-corrected chi connectivity index (χ1v) is 11.7. The number of piperidine rings is 1. The summed E-state index contributed by atoms with van der Waals surface area (Å²) in [7, 11) is 3.17. The van der Waals surface area contributed by atoms with Crippen molar-refractivity contribution in [2.45, 2.75) is 25.4 Å². The number of aromatic hydroxyl groups is 1. The van der Waals surface area contributed by atoms with Gasteiger partial charge in [0.1, 0.15) is 5.75 Å². The van der Waals surface area contributed by atoms with E-state index in [4.69, 9.17) is 21.1 Å². The molecule has 178 valence electrons. The van der Waals surface area contributed by atoms with Crippen LogP contribution in [0.25, 0.3) is 0 Å². The quantitative estimate of drug-likeness (QED) is 0.492. The second-order valence-corrected chi connectivity index (χ2v) is 8.84. The van der Waals surface area contributed by atoms with Gasteiger partial charge in [-0.15, -0.1) is 0 Å². The second kappa shape index (κ2) is 10.8. The molecule has 1 aliphatic heterocycles. The number of nitrogens with zero attached hydrogens (tertiary/aromatic N) is 2. The van der Waals surface area contributed by atoms with Crippen LogP contribution in [0.4, 0.5) is 5.69 Å². The maximum atomic E-state index is 13.6. The van der Waals surface area contributed by atoms with Crippen molar-refractivity contribution < 1.29 is 19.4 Å². The van der Waals surface area contributed by atoms with Crippen molar-refractivity contribution in [1.29, 1.82) is 0 Å². The Morgan fingerprint density at radius 2 is 1.79 bits per heavy atom. The van der Waals surface area contributed by atoms with Crippen LogP contribution in [0.2, 0.25) is 5.02 Å². The van der Waals surface area contributed by atoms with Gasteiger partial charge >= 0.3 is 0 Å². The average molecular weight is 481 g/mol. The van der Waals surface area contributed by atoms with E-state index in [0.29, 0.717) is 22.1 Å². The van der Waals surface area contributed by atoms with Gasteiger partial charge in [0.05, 0.1) is 14.2 Å². The molecule has 1 saturated heterocycles. The van der Waals surface area contributed by atoms with Gasteiger partial charge in [-0.3, -0.25) is 9.69 Å². The molecule has 34 heavy (non-hydrogen) atoms. The van der Waals surface area contributed by atoms with E-state index in [1.54, 1.807) is 44.6 Å². The van der Waals surface area contributed by atoms with Crippen LogP contribution in [0.3, 0.4) is 0 Å². The fourth-order valence-corrected chi connectivity index (χ4v) is 4.62. The van der Waals surface area contributed by atoms with E-state index in [-0.39, 0.29) is 17.7 Å². The summed E-state index contributed by atoms with van der Waals surface area (Å²) in [4.78, 5) is 17.9. The summed E-state index contributed by atoms with van der Waals surface area (Å²) in [6.07, 6.45) is 1.66. The topological polar surface area (TPSA) is 62.2 Å². The molecule has 0 bridgehead atoms. The van der Waals surface area contributed by atoms with E-state index >= 15 is 0 Å². The number of ether oxygens (including phenoxy) is 2. The van der Waals surface area contributed by atoms with Gasteiger partial charge in [-0.2, -0.15) is 0 Å². The van der Waals surface area contributed by atoms with Crippen LogP contribution in [0.5, 0.6) is 17.2 Å². The van der Waals surface area contributed by atoms with Gasteiger partial charge in [0, 0.05) is 48.0 Å². The zero-order chi connectivity index (χ0) is 24.1. The Labute approximate surface area is 205 Å². The number of carbonyl (C=O) groups excluding carboxylic acids is 1. The van der Waals surface area contributed by atoms with Crippen molar-refractivity contribution in [2.75, 3.05) is 32.2 Å². The smallest absolute Gasteiger partial charge is 0.258 e. The molecule has 0 atom stereocenters. The number of halogens is 1. The maximum Gasteiger partial charge on any atom is 0.258 e. The zero-order valence-corrected chi connectivity index (χ0v) is 20.2. The minimum Gasteiger partial charge on any atom is -0.504 e. The average Bonchev–Trinajstić information content (AvgIpc) is 2.86. The van der Waals surface area contributed by atoms with Crippen molar-refractivity contribution in [2.24, 2.45) is 0 Å². The number of likely N-dealkylation sites (tertiary alicyclic amines) is 1. The lowest BCUT2D eigenvalue weighted by atomic mass is 10.00. The Kier molecular flexibility index (Phi) is 7.60. The van der Waals surface area contributed by atoms with E-state index in [2.05, 4.69) is 4.90 Å². The largest absolute Gasteiger partial charge is 0.504 e. The highest BCUT2D eigenvalue weighted by Gasteiger charge is 2.30. The highest BCUT2D eigenvalue weighted by atomic mass is 35.5. The van der Waals surface area contributed by atoms with Gasteiger partial charge < -0.3 is 19.5 Å². The molecule has 1 N–H and O–H groups in total. The fraction of sp³-hybridized carbons (Fsp3) is 0.296. The van der Waals surface area contributed by atoms with Crippen LogP contribution in [-0.4, -0.2) is 49.3 Å². The molecule has 4 rings (SSSR count). The number of amides is 1. The number of hydrogen-bond acceptors (Lipinski definition) is 5. The van der Waals surface area contributed by atoms with Crippen LogP contribution >= 0.6 is 11.6 Å². The number of rotatable bonds is 7. The van der Waals surface area contributed by atoms with Gasteiger partial charge in [-0.1, -0.05) is 29.8 Å². The highest BCUT2D eigenvalue weighted by Crippen LogP contribution is 2.31.